The lowest BCUT2D eigenvalue weighted by Gasteiger charge is -2.22. The first-order valence-electron chi connectivity index (χ1n) is 6.83. The number of carbonyl (C=O) groups is 1. The van der Waals surface area contributed by atoms with E-state index in [1.165, 1.54) is 0 Å². The number of hydrogen-bond donors (Lipinski definition) is 1. The maximum absolute atomic E-state index is 12.6. The third kappa shape index (κ3) is 2.72. The molecule has 0 radical (unpaired) electrons. The highest BCUT2D eigenvalue weighted by Gasteiger charge is 2.34. The van der Waals surface area contributed by atoms with Crippen molar-refractivity contribution in [2.45, 2.75) is 13.0 Å². The summed E-state index contributed by atoms with van der Waals surface area (Å²) >= 11 is 0. The molecule has 2 atom stereocenters. The first kappa shape index (κ1) is 14.7. The summed E-state index contributed by atoms with van der Waals surface area (Å²) in [6, 6.07) is 5.57. The fraction of sp³-hybridized carbons (Fsp3) is 0.533. The molecular formula is C15H23N3O2. The molecule has 20 heavy (non-hydrogen) atoms. The van der Waals surface area contributed by atoms with Crippen LogP contribution in [-0.2, 0) is 0 Å². The van der Waals surface area contributed by atoms with Crippen molar-refractivity contribution in [1.82, 2.24) is 9.80 Å². The van der Waals surface area contributed by atoms with Gasteiger partial charge in [-0.2, -0.15) is 0 Å². The van der Waals surface area contributed by atoms with E-state index < -0.39 is 0 Å². The summed E-state index contributed by atoms with van der Waals surface area (Å²) in [6.45, 7) is 3.70. The smallest absolute Gasteiger partial charge is 0.257 e. The van der Waals surface area contributed by atoms with Crippen LogP contribution < -0.4 is 10.5 Å². The second kappa shape index (κ2) is 5.71. The number of likely N-dealkylation sites (N-methyl/N-ethyl adjacent to an activating group) is 1. The quantitative estimate of drug-likeness (QED) is 0.846. The third-order valence-electron chi connectivity index (χ3n) is 3.98. The van der Waals surface area contributed by atoms with E-state index in [9.17, 15) is 4.79 Å². The van der Waals surface area contributed by atoms with Crippen molar-refractivity contribution in [3.63, 3.8) is 0 Å². The van der Waals surface area contributed by atoms with Gasteiger partial charge in [0.1, 0.15) is 5.75 Å². The Morgan fingerprint density at radius 2 is 2.10 bits per heavy atom. The van der Waals surface area contributed by atoms with Crippen molar-refractivity contribution in [3.05, 3.63) is 23.8 Å². The van der Waals surface area contributed by atoms with Crippen molar-refractivity contribution in [2.75, 3.05) is 40.0 Å². The van der Waals surface area contributed by atoms with Gasteiger partial charge in [-0.3, -0.25) is 4.79 Å². The van der Waals surface area contributed by atoms with E-state index in [1.807, 2.05) is 4.90 Å². The van der Waals surface area contributed by atoms with Gasteiger partial charge in [0, 0.05) is 30.9 Å². The van der Waals surface area contributed by atoms with Crippen LogP contribution in [-0.4, -0.2) is 56.0 Å². The van der Waals surface area contributed by atoms with Gasteiger partial charge < -0.3 is 20.3 Å². The highest BCUT2D eigenvalue weighted by Crippen LogP contribution is 2.27. The largest absolute Gasteiger partial charge is 0.496 e. The number of rotatable bonds is 3. The molecule has 0 aromatic heterocycles. The lowest BCUT2D eigenvalue weighted by Crippen LogP contribution is -2.35. The molecular weight excluding hydrogens is 254 g/mol. The zero-order chi connectivity index (χ0) is 14.9. The second-order valence-electron chi connectivity index (χ2n) is 5.68. The van der Waals surface area contributed by atoms with E-state index in [0.717, 1.165) is 13.1 Å². The van der Waals surface area contributed by atoms with Gasteiger partial charge in [-0.25, -0.2) is 0 Å². The topological polar surface area (TPSA) is 58.8 Å². The van der Waals surface area contributed by atoms with Crippen LogP contribution in [0.4, 0.5) is 5.69 Å². The van der Waals surface area contributed by atoms with E-state index in [-0.39, 0.29) is 5.91 Å². The summed E-state index contributed by atoms with van der Waals surface area (Å²) < 4.78 is 5.27. The molecule has 1 aromatic carbocycles. The van der Waals surface area contributed by atoms with Crippen molar-refractivity contribution in [2.24, 2.45) is 5.92 Å². The van der Waals surface area contributed by atoms with Crippen LogP contribution in [0.1, 0.15) is 17.3 Å². The van der Waals surface area contributed by atoms with Crippen LogP contribution in [0.5, 0.6) is 5.75 Å². The van der Waals surface area contributed by atoms with Gasteiger partial charge in [-0.1, -0.05) is 6.92 Å². The molecule has 1 aliphatic rings. The number of carbonyl (C=O) groups excluding carboxylic acids is 1. The van der Waals surface area contributed by atoms with Gasteiger partial charge in [-0.05, 0) is 32.1 Å². The molecule has 0 aliphatic carbocycles. The summed E-state index contributed by atoms with van der Waals surface area (Å²) in [5.41, 5.74) is 6.90. The molecule has 1 fully saturated rings. The predicted octanol–water partition coefficient (Wildman–Crippen LogP) is 1.30. The van der Waals surface area contributed by atoms with E-state index in [2.05, 4.69) is 25.9 Å². The van der Waals surface area contributed by atoms with Gasteiger partial charge in [0.2, 0.25) is 0 Å². The molecule has 5 heteroatoms. The average molecular weight is 277 g/mol. The van der Waals surface area contributed by atoms with Crippen molar-refractivity contribution >= 4 is 11.6 Å². The van der Waals surface area contributed by atoms with Crippen LogP contribution in [0.25, 0.3) is 0 Å². The highest BCUT2D eigenvalue weighted by molar-refractivity contribution is 5.97. The van der Waals surface area contributed by atoms with Crippen molar-refractivity contribution in [1.29, 1.82) is 0 Å². The summed E-state index contributed by atoms with van der Waals surface area (Å²) in [4.78, 5) is 16.7. The Morgan fingerprint density at radius 3 is 2.65 bits per heavy atom. The Kier molecular flexibility index (Phi) is 4.18. The average Bonchev–Trinajstić information content (AvgIpc) is 2.80. The standard InChI is InChI=1S/C15H23N3O2/c1-10-8-18(9-13(10)17(2)3)15(19)12-6-5-11(16)7-14(12)20-4/h5-7,10,13H,8-9,16H2,1-4H3. The van der Waals surface area contributed by atoms with Gasteiger partial charge in [0.05, 0.1) is 12.7 Å². The minimum atomic E-state index is 0.0121. The minimum Gasteiger partial charge on any atom is -0.496 e. The fourth-order valence-corrected chi connectivity index (χ4v) is 2.84. The highest BCUT2D eigenvalue weighted by atomic mass is 16.5. The van der Waals surface area contributed by atoms with Crippen LogP contribution in [0.3, 0.4) is 0 Å². The van der Waals surface area contributed by atoms with Gasteiger partial charge in [0.25, 0.3) is 5.91 Å². The van der Waals surface area contributed by atoms with Gasteiger partial charge in [-0.15, -0.1) is 0 Å². The Balaban J connectivity index is 2.21. The zero-order valence-electron chi connectivity index (χ0n) is 12.6. The Bertz CT molecular complexity index is 502. The summed E-state index contributed by atoms with van der Waals surface area (Å²) in [7, 11) is 5.67. The van der Waals surface area contributed by atoms with Gasteiger partial charge in [0.15, 0.2) is 0 Å². The molecule has 2 unspecified atom stereocenters. The maximum Gasteiger partial charge on any atom is 0.257 e. The Labute approximate surface area is 120 Å². The number of nitrogens with two attached hydrogens (primary N) is 1. The molecule has 2 N–H and O–H groups in total. The zero-order valence-corrected chi connectivity index (χ0v) is 12.6. The van der Waals surface area contributed by atoms with Crippen LogP contribution >= 0.6 is 0 Å². The van der Waals surface area contributed by atoms with E-state index in [1.54, 1.807) is 25.3 Å². The molecule has 1 amide bonds. The molecule has 5 nitrogen and oxygen atoms in total. The number of nitrogen functional groups attached to an aromatic ring is 1. The van der Waals surface area contributed by atoms with E-state index in [0.29, 0.717) is 29.0 Å². The fourth-order valence-electron chi connectivity index (χ4n) is 2.84. The van der Waals surface area contributed by atoms with E-state index in [4.69, 9.17) is 10.5 Å². The molecule has 2 rings (SSSR count). The summed E-state index contributed by atoms with van der Waals surface area (Å²) in [5.74, 6) is 1.02. The molecule has 1 heterocycles. The molecule has 1 aliphatic heterocycles. The SMILES string of the molecule is COc1cc(N)ccc1C(=O)N1CC(C)C(N(C)C)C1. The number of likely N-dealkylation sites (tertiary alicyclic amines) is 1. The van der Waals surface area contributed by atoms with Crippen LogP contribution in [0, 0.1) is 5.92 Å². The number of amides is 1. The molecule has 110 valence electrons. The number of benzene rings is 1. The number of methoxy groups -OCH3 is 1. The van der Waals surface area contributed by atoms with Crippen LogP contribution in [0.15, 0.2) is 18.2 Å². The monoisotopic (exact) mass is 277 g/mol. The number of nitrogens with zero attached hydrogens (tertiary/aromatic N) is 2. The maximum atomic E-state index is 12.6. The van der Waals surface area contributed by atoms with Crippen LogP contribution in [0.2, 0.25) is 0 Å². The first-order valence-corrected chi connectivity index (χ1v) is 6.83. The molecule has 0 spiro atoms. The summed E-state index contributed by atoms with van der Waals surface area (Å²) in [6.07, 6.45) is 0. The number of anilines is 1. The van der Waals surface area contributed by atoms with Crippen molar-refractivity contribution < 1.29 is 9.53 Å². The number of ether oxygens (including phenoxy) is 1. The van der Waals surface area contributed by atoms with Gasteiger partial charge >= 0.3 is 0 Å². The Hall–Kier alpha value is -1.75. The molecule has 0 bridgehead atoms. The third-order valence-corrected chi connectivity index (χ3v) is 3.98. The number of hydrogen-bond acceptors (Lipinski definition) is 4. The summed E-state index contributed by atoms with van der Waals surface area (Å²) in [5, 5.41) is 0. The lowest BCUT2D eigenvalue weighted by atomic mass is 10.1. The molecule has 1 saturated heterocycles. The predicted molar refractivity (Wildman–Crippen MR) is 79.9 cm³/mol. The minimum absolute atomic E-state index is 0.0121. The first-order chi connectivity index (χ1) is 9.43. The normalized spacial score (nSPS) is 22.4. The molecule has 1 aromatic rings. The molecule has 0 saturated carbocycles. The second-order valence-corrected chi connectivity index (χ2v) is 5.68. The Morgan fingerprint density at radius 1 is 1.40 bits per heavy atom. The lowest BCUT2D eigenvalue weighted by molar-refractivity contribution is 0.0778. The van der Waals surface area contributed by atoms with Crippen molar-refractivity contribution in [3.8, 4) is 5.75 Å². The van der Waals surface area contributed by atoms with E-state index >= 15 is 0 Å².